The summed E-state index contributed by atoms with van der Waals surface area (Å²) >= 11 is 0. The van der Waals surface area contributed by atoms with Gasteiger partial charge < -0.3 is 19.9 Å². The molecule has 2 saturated heterocycles. The first kappa shape index (κ1) is 19.0. The van der Waals surface area contributed by atoms with Gasteiger partial charge in [0.15, 0.2) is 0 Å². The SMILES string of the molecule is CCCN1CCCN(C(=O)NC(C)C(C)N2CCOCC2)CC1=O. The fourth-order valence-corrected chi connectivity index (χ4v) is 3.31. The van der Waals surface area contributed by atoms with E-state index in [1.54, 1.807) is 4.90 Å². The Morgan fingerprint density at radius 3 is 2.58 bits per heavy atom. The Hall–Kier alpha value is -1.34. The van der Waals surface area contributed by atoms with E-state index >= 15 is 0 Å². The first-order valence-electron chi connectivity index (χ1n) is 9.18. The standard InChI is InChI=1S/C17H32N4O3/c1-4-6-20-7-5-8-21(13-16(20)22)17(23)18-14(2)15(3)19-9-11-24-12-10-19/h14-15H,4-13H2,1-3H3,(H,18,23). The minimum atomic E-state index is -0.130. The van der Waals surface area contributed by atoms with Crippen LogP contribution in [0.2, 0.25) is 0 Å². The van der Waals surface area contributed by atoms with E-state index in [4.69, 9.17) is 4.74 Å². The molecule has 7 nitrogen and oxygen atoms in total. The van der Waals surface area contributed by atoms with Crippen LogP contribution in [0.5, 0.6) is 0 Å². The lowest BCUT2D eigenvalue weighted by molar-refractivity contribution is -0.130. The van der Waals surface area contributed by atoms with Crippen molar-refractivity contribution in [2.45, 2.75) is 45.7 Å². The summed E-state index contributed by atoms with van der Waals surface area (Å²) < 4.78 is 5.38. The molecular weight excluding hydrogens is 308 g/mol. The van der Waals surface area contributed by atoms with E-state index < -0.39 is 0 Å². The summed E-state index contributed by atoms with van der Waals surface area (Å²) in [5.41, 5.74) is 0. The van der Waals surface area contributed by atoms with Gasteiger partial charge in [-0.25, -0.2) is 4.79 Å². The van der Waals surface area contributed by atoms with Crippen LogP contribution in [0.3, 0.4) is 0 Å². The molecule has 2 aliphatic rings. The smallest absolute Gasteiger partial charge is 0.318 e. The van der Waals surface area contributed by atoms with Gasteiger partial charge in [0.1, 0.15) is 6.54 Å². The highest BCUT2D eigenvalue weighted by atomic mass is 16.5. The maximum Gasteiger partial charge on any atom is 0.318 e. The number of nitrogens with one attached hydrogen (secondary N) is 1. The summed E-state index contributed by atoms with van der Waals surface area (Å²) in [5, 5.41) is 3.08. The first-order valence-corrected chi connectivity index (χ1v) is 9.18. The van der Waals surface area contributed by atoms with Gasteiger partial charge in [0.05, 0.1) is 13.2 Å². The molecule has 138 valence electrons. The first-order chi connectivity index (χ1) is 11.5. The highest BCUT2D eigenvalue weighted by molar-refractivity contribution is 5.84. The summed E-state index contributed by atoms with van der Waals surface area (Å²) in [6.45, 7) is 11.9. The molecule has 7 heteroatoms. The number of amides is 3. The topological polar surface area (TPSA) is 65.1 Å². The van der Waals surface area contributed by atoms with Crippen molar-refractivity contribution in [3.63, 3.8) is 0 Å². The minimum absolute atomic E-state index is 0.0284. The van der Waals surface area contributed by atoms with E-state index in [-0.39, 0.29) is 30.6 Å². The predicted molar refractivity (Wildman–Crippen MR) is 92.9 cm³/mol. The average molecular weight is 340 g/mol. The van der Waals surface area contributed by atoms with Crippen molar-refractivity contribution in [2.24, 2.45) is 0 Å². The number of nitrogens with zero attached hydrogens (tertiary/aromatic N) is 3. The Balaban J connectivity index is 1.85. The molecule has 1 N–H and O–H groups in total. The molecule has 3 amide bonds. The molecule has 2 unspecified atom stereocenters. The lowest BCUT2D eigenvalue weighted by Crippen LogP contribution is -2.55. The molecule has 0 radical (unpaired) electrons. The van der Waals surface area contributed by atoms with Crippen molar-refractivity contribution in [1.82, 2.24) is 20.0 Å². The third-order valence-corrected chi connectivity index (χ3v) is 5.01. The van der Waals surface area contributed by atoms with Crippen molar-refractivity contribution >= 4 is 11.9 Å². The summed E-state index contributed by atoms with van der Waals surface area (Å²) in [5.74, 6) is 0.0541. The van der Waals surface area contributed by atoms with Crippen LogP contribution in [-0.2, 0) is 9.53 Å². The number of morpholine rings is 1. The molecule has 2 aliphatic heterocycles. The van der Waals surface area contributed by atoms with Crippen molar-refractivity contribution in [1.29, 1.82) is 0 Å². The highest BCUT2D eigenvalue weighted by Crippen LogP contribution is 2.10. The second-order valence-electron chi connectivity index (χ2n) is 6.78. The molecule has 0 saturated carbocycles. The molecular formula is C17H32N4O3. The Labute approximate surface area is 145 Å². The third kappa shape index (κ3) is 5.08. The Morgan fingerprint density at radius 2 is 1.92 bits per heavy atom. The van der Waals surface area contributed by atoms with E-state index in [2.05, 4.69) is 24.1 Å². The minimum Gasteiger partial charge on any atom is -0.379 e. The average Bonchev–Trinajstić information content (AvgIpc) is 2.77. The van der Waals surface area contributed by atoms with E-state index in [9.17, 15) is 9.59 Å². The zero-order valence-corrected chi connectivity index (χ0v) is 15.3. The van der Waals surface area contributed by atoms with Crippen molar-refractivity contribution in [3.8, 4) is 0 Å². The third-order valence-electron chi connectivity index (χ3n) is 5.01. The van der Waals surface area contributed by atoms with E-state index in [1.807, 2.05) is 11.8 Å². The molecule has 24 heavy (non-hydrogen) atoms. The molecule has 0 aromatic heterocycles. The van der Waals surface area contributed by atoms with Crippen LogP contribution >= 0.6 is 0 Å². The van der Waals surface area contributed by atoms with Crippen LogP contribution in [0.25, 0.3) is 0 Å². The van der Waals surface area contributed by atoms with Gasteiger partial charge in [-0.05, 0) is 26.7 Å². The Kier molecular flexibility index (Phi) is 7.30. The molecule has 0 bridgehead atoms. The maximum absolute atomic E-state index is 12.6. The number of rotatable bonds is 5. The normalized spacial score (nSPS) is 22.9. The number of hydrogen-bond acceptors (Lipinski definition) is 4. The quantitative estimate of drug-likeness (QED) is 0.802. The van der Waals surface area contributed by atoms with Gasteiger partial charge in [-0.3, -0.25) is 9.69 Å². The number of hydrogen-bond donors (Lipinski definition) is 1. The van der Waals surface area contributed by atoms with Crippen LogP contribution in [0.4, 0.5) is 4.79 Å². The second kappa shape index (κ2) is 9.22. The zero-order chi connectivity index (χ0) is 17.5. The van der Waals surface area contributed by atoms with Crippen LogP contribution in [0, 0.1) is 0 Å². The van der Waals surface area contributed by atoms with Gasteiger partial charge >= 0.3 is 6.03 Å². The number of carbonyl (C=O) groups is 2. The van der Waals surface area contributed by atoms with Gasteiger partial charge in [-0.2, -0.15) is 0 Å². The van der Waals surface area contributed by atoms with E-state index in [0.717, 1.165) is 52.2 Å². The number of carbonyl (C=O) groups excluding carboxylic acids is 2. The van der Waals surface area contributed by atoms with Crippen molar-refractivity contribution in [2.75, 3.05) is 52.5 Å². The molecule has 2 atom stereocenters. The summed E-state index contributed by atoms with van der Waals surface area (Å²) in [6, 6.07) is 0.145. The van der Waals surface area contributed by atoms with Gasteiger partial charge in [0.2, 0.25) is 5.91 Å². The van der Waals surface area contributed by atoms with Gasteiger partial charge in [0, 0.05) is 44.8 Å². The maximum atomic E-state index is 12.6. The summed E-state index contributed by atoms with van der Waals surface area (Å²) in [6.07, 6.45) is 1.79. The summed E-state index contributed by atoms with van der Waals surface area (Å²) in [4.78, 5) is 30.7. The molecule has 2 heterocycles. The molecule has 0 aromatic rings. The van der Waals surface area contributed by atoms with E-state index in [1.165, 1.54) is 0 Å². The Bertz CT molecular complexity index is 426. The molecule has 0 spiro atoms. The second-order valence-corrected chi connectivity index (χ2v) is 6.78. The van der Waals surface area contributed by atoms with Crippen LogP contribution in [0.1, 0.15) is 33.6 Å². The molecule has 0 aliphatic carbocycles. The van der Waals surface area contributed by atoms with Gasteiger partial charge in [-0.1, -0.05) is 6.92 Å². The highest BCUT2D eigenvalue weighted by Gasteiger charge is 2.28. The van der Waals surface area contributed by atoms with Crippen LogP contribution in [0.15, 0.2) is 0 Å². The predicted octanol–water partition coefficient (Wildman–Crippen LogP) is 0.750. The largest absolute Gasteiger partial charge is 0.379 e. The fourth-order valence-electron chi connectivity index (χ4n) is 3.31. The molecule has 0 aromatic carbocycles. The fraction of sp³-hybridized carbons (Fsp3) is 0.882. The van der Waals surface area contributed by atoms with Crippen LogP contribution < -0.4 is 5.32 Å². The molecule has 2 rings (SSSR count). The van der Waals surface area contributed by atoms with E-state index in [0.29, 0.717) is 6.54 Å². The summed E-state index contributed by atoms with van der Waals surface area (Å²) in [7, 11) is 0. The lowest BCUT2D eigenvalue weighted by Gasteiger charge is -2.36. The van der Waals surface area contributed by atoms with Crippen LogP contribution in [-0.4, -0.2) is 91.2 Å². The zero-order valence-electron chi connectivity index (χ0n) is 15.3. The lowest BCUT2D eigenvalue weighted by atomic mass is 10.1. The van der Waals surface area contributed by atoms with Gasteiger partial charge in [-0.15, -0.1) is 0 Å². The Morgan fingerprint density at radius 1 is 1.21 bits per heavy atom. The monoisotopic (exact) mass is 340 g/mol. The number of urea groups is 1. The molecule has 2 fully saturated rings. The van der Waals surface area contributed by atoms with Gasteiger partial charge in [0.25, 0.3) is 0 Å². The van der Waals surface area contributed by atoms with Crippen molar-refractivity contribution < 1.29 is 14.3 Å². The van der Waals surface area contributed by atoms with Crippen molar-refractivity contribution in [3.05, 3.63) is 0 Å². The number of ether oxygens (including phenoxy) is 1.